The number of hydrogen-bond acceptors (Lipinski definition) is 2. The number of methoxy groups -OCH3 is 2. The molecule has 0 aliphatic rings. The minimum atomic E-state index is 0.866. The smallest absolute Gasteiger partial charge is 0.118 e. The third-order valence-electron chi connectivity index (χ3n) is 20.5. The Morgan fingerprint density at radius 1 is 0.170 bits per heavy atom. The van der Waals surface area contributed by atoms with E-state index in [1.165, 1.54) is 346 Å². The topological polar surface area (TPSA) is 18.5 Å². The van der Waals surface area contributed by atoms with Crippen molar-refractivity contribution in [3.05, 3.63) is 168 Å². The highest BCUT2D eigenvalue weighted by molar-refractivity contribution is 6.15. The van der Waals surface area contributed by atoms with E-state index in [0.29, 0.717) is 0 Å². The van der Waals surface area contributed by atoms with Gasteiger partial charge in [0.05, 0.1) is 14.2 Å². The highest BCUT2D eigenvalue weighted by Crippen LogP contribution is 2.56. The first-order chi connectivity index (χ1) is 46.5. The zero-order valence-corrected chi connectivity index (χ0v) is 60.8. The van der Waals surface area contributed by atoms with E-state index in [1.54, 1.807) is 14.2 Å². The van der Waals surface area contributed by atoms with Crippen molar-refractivity contribution in [1.82, 2.24) is 0 Å². The monoisotopic (exact) mass is 1270 g/mol. The second-order valence-electron chi connectivity index (χ2n) is 28.2. The first-order valence-electron chi connectivity index (χ1n) is 39.4. The van der Waals surface area contributed by atoms with E-state index in [9.17, 15) is 0 Å². The summed E-state index contributed by atoms with van der Waals surface area (Å²) < 4.78 is 11.9. The normalized spacial score (nSPS) is 11.5. The number of hydrogen-bond donors (Lipinski definition) is 0. The quantitative estimate of drug-likeness (QED) is 0.0354. The van der Waals surface area contributed by atoms with E-state index in [2.05, 4.69) is 173 Å². The van der Waals surface area contributed by atoms with Gasteiger partial charge in [-0.2, -0.15) is 0 Å². The first kappa shape index (κ1) is 75.5. The van der Waals surface area contributed by atoms with Gasteiger partial charge in [0, 0.05) is 0 Å². The average Bonchev–Trinajstić information content (AvgIpc) is 0.719. The standard InChI is InChI=1S/C92H130O2/c1-7-11-15-19-23-27-31-35-39-43-47-75-51-59-79(60-52-75)87-88(80-61-53-76(54-62-80)48-44-40-36-32-28-24-20-16-12-8-2)92(84-69-73-86(94-6)74-70-84)90(82-65-57-78(58-66-82)50-46-42-38-34-30-26-22-18-14-10-4)89(91(87)83-67-71-85(93-5)72-68-83)81-63-55-77(56-64-81)49-45-41-37-33-29-25-21-17-13-9-3/h51-74H,7-50H2,1-6H3. The summed E-state index contributed by atoms with van der Waals surface area (Å²) >= 11 is 0. The van der Waals surface area contributed by atoms with Gasteiger partial charge in [0.25, 0.3) is 0 Å². The molecule has 2 heteroatoms. The van der Waals surface area contributed by atoms with Gasteiger partial charge < -0.3 is 9.47 Å². The molecule has 0 radical (unpaired) electrons. The minimum absolute atomic E-state index is 0.866. The van der Waals surface area contributed by atoms with Gasteiger partial charge in [-0.1, -0.05) is 380 Å². The molecule has 0 amide bonds. The lowest BCUT2D eigenvalue weighted by molar-refractivity contribution is 0.415. The summed E-state index contributed by atoms with van der Waals surface area (Å²) in [6.07, 6.45) is 58.5. The van der Waals surface area contributed by atoms with Crippen LogP contribution in [0.1, 0.15) is 307 Å². The fraction of sp³-hybridized carbons (Fsp3) is 0.543. The molecule has 0 aliphatic heterocycles. The van der Waals surface area contributed by atoms with Crippen molar-refractivity contribution in [3.63, 3.8) is 0 Å². The summed E-state index contributed by atoms with van der Waals surface area (Å²) in [5.41, 5.74) is 20.7. The Kier molecular flexibility index (Phi) is 37.2. The van der Waals surface area contributed by atoms with Crippen molar-refractivity contribution in [2.24, 2.45) is 0 Å². The fourth-order valence-electron chi connectivity index (χ4n) is 14.6. The van der Waals surface area contributed by atoms with E-state index >= 15 is 0 Å². The molecule has 0 unspecified atom stereocenters. The second kappa shape index (κ2) is 46.3. The Morgan fingerprint density at radius 2 is 0.309 bits per heavy atom. The Hall–Kier alpha value is -5.86. The van der Waals surface area contributed by atoms with Crippen LogP contribution in [0.15, 0.2) is 146 Å². The zero-order chi connectivity index (χ0) is 65.9. The van der Waals surface area contributed by atoms with E-state index in [0.717, 1.165) is 37.2 Å². The predicted octanol–water partition coefficient (Wildman–Crippen LogP) is 29.6. The summed E-state index contributed by atoms with van der Waals surface area (Å²) in [6, 6.07) is 57.4. The lowest BCUT2D eigenvalue weighted by Crippen LogP contribution is -2.03. The van der Waals surface area contributed by atoms with Crippen LogP contribution in [0.3, 0.4) is 0 Å². The fourth-order valence-corrected chi connectivity index (χ4v) is 14.6. The van der Waals surface area contributed by atoms with Crippen molar-refractivity contribution >= 4 is 0 Å². The van der Waals surface area contributed by atoms with Gasteiger partial charge >= 0.3 is 0 Å². The van der Waals surface area contributed by atoms with Gasteiger partial charge in [-0.05, 0) is 165 Å². The van der Waals surface area contributed by atoms with Gasteiger partial charge in [-0.25, -0.2) is 0 Å². The van der Waals surface area contributed by atoms with Crippen LogP contribution < -0.4 is 9.47 Å². The van der Waals surface area contributed by atoms with Crippen LogP contribution in [0.5, 0.6) is 11.5 Å². The number of aryl methyl sites for hydroxylation is 4. The molecule has 0 atom stereocenters. The van der Waals surface area contributed by atoms with Crippen molar-refractivity contribution < 1.29 is 9.47 Å². The molecule has 7 rings (SSSR count). The van der Waals surface area contributed by atoms with Crippen molar-refractivity contribution in [3.8, 4) is 78.3 Å². The average molecular weight is 1270 g/mol. The molecule has 0 N–H and O–H groups in total. The van der Waals surface area contributed by atoms with Crippen molar-refractivity contribution in [2.75, 3.05) is 14.2 Å². The van der Waals surface area contributed by atoms with Crippen LogP contribution in [0.4, 0.5) is 0 Å². The molecule has 7 aromatic rings. The maximum Gasteiger partial charge on any atom is 0.118 e. The Morgan fingerprint density at radius 3 is 0.457 bits per heavy atom. The second-order valence-corrected chi connectivity index (χ2v) is 28.2. The molecule has 510 valence electrons. The van der Waals surface area contributed by atoms with Crippen LogP contribution >= 0.6 is 0 Å². The van der Waals surface area contributed by atoms with Crippen LogP contribution in [0.25, 0.3) is 66.8 Å². The lowest BCUT2D eigenvalue weighted by Gasteiger charge is -2.29. The summed E-state index contributed by atoms with van der Waals surface area (Å²) in [7, 11) is 3.58. The van der Waals surface area contributed by atoms with E-state index < -0.39 is 0 Å². The Balaban J connectivity index is 1.35. The predicted molar refractivity (Wildman–Crippen MR) is 414 cm³/mol. The van der Waals surface area contributed by atoms with E-state index in [4.69, 9.17) is 9.47 Å². The Labute approximate surface area is 576 Å². The Bertz CT molecular complexity index is 2670. The van der Waals surface area contributed by atoms with Gasteiger partial charge in [0.1, 0.15) is 11.5 Å². The highest BCUT2D eigenvalue weighted by Gasteiger charge is 2.30. The van der Waals surface area contributed by atoms with E-state index in [-0.39, 0.29) is 0 Å². The van der Waals surface area contributed by atoms with Gasteiger partial charge in [-0.15, -0.1) is 0 Å². The van der Waals surface area contributed by atoms with Gasteiger partial charge in [-0.3, -0.25) is 0 Å². The molecule has 94 heavy (non-hydrogen) atoms. The van der Waals surface area contributed by atoms with Gasteiger partial charge in [0.2, 0.25) is 0 Å². The van der Waals surface area contributed by atoms with Crippen LogP contribution in [0.2, 0.25) is 0 Å². The molecular formula is C92H130O2. The summed E-state index contributed by atoms with van der Waals surface area (Å²) in [4.78, 5) is 0. The molecule has 0 aliphatic carbocycles. The molecule has 0 saturated carbocycles. The summed E-state index contributed by atoms with van der Waals surface area (Å²) in [5, 5.41) is 0. The van der Waals surface area contributed by atoms with Gasteiger partial charge in [0.15, 0.2) is 0 Å². The zero-order valence-electron chi connectivity index (χ0n) is 60.8. The van der Waals surface area contributed by atoms with Crippen molar-refractivity contribution in [2.45, 2.75) is 310 Å². The summed E-state index contributed by atoms with van der Waals surface area (Å²) in [6.45, 7) is 9.26. The molecule has 0 fully saturated rings. The molecular weight excluding hydrogens is 1140 g/mol. The van der Waals surface area contributed by atoms with Crippen LogP contribution in [-0.4, -0.2) is 14.2 Å². The lowest BCUT2D eigenvalue weighted by atomic mass is 9.74. The molecule has 0 bridgehead atoms. The van der Waals surface area contributed by atoms with Crippen molar-refractivity contribution in [1.29, 1.82) is 0 Å². The largest absolute Gasteiger partial charge is 0.497 e. The highest BCUT2D eigenvalue weighted by atomic mass is 16.5. The summed E-state index contributed by atoms with van der Waals surface area (Å²) in [5.74, 6) is 1.73. The maximum atomic E-state index is 5.95. The number of ether oxygens (including phenoxy) is 2. The molecule has 0 heterocycles. The van der Waals surface area contributed by atoms with E-state index in [1.807, 2.05) is 0 Å². The van der Waals surface area contributed by atoms with Crippen LogP contribution in [-0.2, 0) is 25.7 Å². The molecule has 0 spiro atoms. The third kappa shape index (κ3) is 26.3. The first-order valence-corrected chi connectivity index (χ1v) is 39.4. The maximum absolute atomic E-state index is 5.95. The molecule has 0 saturated heterocycles. The third-order valence-corrected chi connectivity index (χ3v) is 20.5. The molecule has 7 aromatic carbocycles. The SMILES string of the molecule is CCCCCCCCCCCCc1ccc(-c2c(-c3ccc(CCCCCCCCCCCC)cc3)c(-c3ccc(OC)cc3)c(-c3ccc(CCCCCCCCCCCC)cc3)c(-c3ccc(CCCCCCCCCCCC)cc3)c2-c2ccc(OC)cc2)cc1. The number of rotatable bonds is 52. The number of benzene rings is 7. The molecule has 0 aromatic heterocycles. The minimum Gasteiger partial charge on any atom is -0.497 e. The van der Waals surface area contributed by atoms with Crippen LogP contribution in [0, 0.1) is 0 Å². The number of unbranched alkanes of at least 4 members (excludes halogenated alkanes) is 36. The molecule has 2 nitrogen and oxygen atoms in total.